The summed E-state index contributed by atoms with van der Waals surface area (Å²) in [6.45, 7) is 4.21. The van der Waals surface area contributed by atoms with Crippen molar-refractivity contribution in [3.63, 3.8) is 0 Å². The average Bonchev–Trinajstić information content (AvgIpc) is 2.65. The topological polar surface area (TPSA) is 71.5 Å². The number of hydrogen-bond donors (Lipinski definition) is 2. The summed E-state index contributed by atoms with van der Waals surface area (Å²) in [6, 6.07) is 9.36. The molecule has 2 aromatic rings. The lowest BCUT2D eigenvalue weighted by Gasteiger charge is -2.17. The van der Waals surface area contributed by atoms with Gasteiger partial charge in [-0.15, -0.1) is 0 Å². The third kappa shape index (κ3) is 4.55. The first-order valence-corrected chi connectivity index (χ1v) is 8.11. The lowest BCUT2D eigenvalue weighted by molar-refractivity contribution is 0.0850. The average molecular weight is 328 g/mol. The van der Waals surface area contributed by atoms with Crippen molar-refractivity contribution in [2.24, 2.45) is 5.92 Å². The van der Waals surface area contributed by atoms with Crippen LogP contribution in [0, 0.1) is 5.92 Å². The number of rotatable bonds is 7. The second kappa shape index (κ2) is 8.45. The number of hydrogen-bond acceptors (Lipinski definition) is 4. The maximum Gasteiger partial charge on any atom is 0.252 e. The van der Waals surface area contributed by atoms with E-state index in [-0.39, 0.29) is 18.4 Å². The van der Waals surface area contributed by atoms with Crippen molar-refractivity contribution in [1.29, 1.82) is 0 Å². The molecule has 1 aromatic heterocycles. The molecule has 5 nitrogen and oxygen atoms in total. The third-order valence-corrected chi connectivity index (χ3v) is 4.20. The van der Waals surface area contributed by atoms with E-state index in [4.69, 9.17) is 4.74 Å². The van der Waals surface area contributed by atoms with Gasteiger partial charge in [0.05, 0.1) is 18.8 Å². The lowest BCUT2D eigenvalue weighted by Crippen LogP contribution is -2.35. The summed E-state index contributed by atoms with van der Waals surface area (Å²) in [5.41, 5.74) is 2.28. The summed E-state index contributed by atoms with van der Waals surface area (Å²) >= 11 is 0. The number of carbonyl (C=O) groups is 1. The molecule has 128 valence electrons. The highest BCUT2D eigenvalue weighted by molar-refractivity contribution is 5.95. The first-order valence-electron chi connectivity index (χ1n) is 8.11. The molecular weight excluding hydrogens is 304 g/mol. The number of amides is 1. The SMILES string of the molecule is CCC(C)C(O)CNC(=O)c1cncc(-c2ccc(OC)cc2)c1. The highest BCUT2D eigenvalue weighted by Gasteiger charge is 2.14. The predicted molar refractivity (Wildman–Crippen MR) is 94.0 cm³/mol. The van der Waals surface area contributed by atoms with Crippen molar-refractivity contribution >= 4 is 5.91 Å². The molecule has 1 heterocycles. The fourth-order valence-electron chi connectivity index (χ4n) is 2.28. The molecule has 0 aliphatic rings. The van der Waals surface area contributed by atoms with Crippen LogP contribution in [-0.2, 0) is 0 Å². The fraction of sp³-hybridized carbons (Fsp3) is 0.368. The maximum atomic E-state index is 12.3. The van der Waals surface area contributed by atoms with E-state index in [1.54, 1.807) is 19.4 Å². The Labute approximate surface area is 142 Å². The van der Waals surface area contributed by atoms with Gasteiger partial charge in [-0.05, 0) is 29.7 Å². The molecule has 0 bridgehead atoms. The van der Waals surface area contributed by atoms with Crippen molar-refractivity contribution in [3.05, 3.63) is 48.3 Å². The van der Waals surface area contributed by atoms with E-state index in [1.165, 1.54) is 6.20 Å². The van der Waals surface area contributed by atoms with E-state index in [0.717, 1.165) is 23.3 Å². The van der Waals surface area contributed by atoms with Gasteiger partial charge in [-0.3, -0.25) is 9.78 Å². The molecule has 0 aliphatic heterocycles. The van der Waals surface area contributed by atoms with Crippen molar-refractivity contribution in [1.82, 2.24) is 10.3 Å². The Kier molecular flexibility index (Phi) is 6.32. The molecule has 24 heavy (non-hydrogen) atoms. The van der Waals surface area contributed by atoms with Gasteiger partial charge in [0.1, 0.15) is 5.75 Å². The minimum absolute atomic E-state index is 0.147. The summed E-state index contributed by atoms with van der Waals surface area (Å²) in [5.74, 6) is 0.689. The van der Waals surface area contributed by atoms with Crippen LogP contribution in [0.4, 0.5) is 0 Å². The lowest BCUT2D eigenvalue weighted by atomic mass is 10.0. The van der Waals surface area contributed by atoms with Gasteiger partial charge in [0, 0.05) is 24.5 Å². The molecule has 0 radical (unpaired) electrons. The number of aliphatic hydroxyl groups is 1. The molecule has 0 saturated heterocycles. The second-order valence-electron chi connectivity index (χ2n) is 5.85. The molecule has 0 aliphatic carbocycles. The van der Waals surface area contributed by atoms with E-state index in [0.29, 0.717) is 5.56 Å². The van der Waals surface area contributed by atoms with Gasteiger partial charge in [-0.1, -0.05) is 32.4 Å². The zero-order chi connectivity index (χ0) is 17.5. The molecular formula is C19H24N2O3. The molecule has 1 amide bonds. The number of ether oxygens (including phenoxy) is 1. The van der Waals surface area contributed by atoms with Crippen LogP contribution in [-0.4, -0.2) is 35.8 Å². The third-order valence-electron chi connectivity index (χ3n) is 4.20. The Morgan fingerprint density at radius 2 is 1.96 bits per heavy atom. The van der Waals surface area contributed by atoms with Gasteiger partial charge in [0.2, 0.25) is 0 Å². The summed E-state index contributed by atoms with van der Waals surface area (Å²) in [6.07, 6.45) is 3.56. The van der Waals surface area contributed by atoms with Crippen LogP contribution >= 0.6 is 0 Å². The standard InChI is InChI=1S/C19H24N2O3/c1-4-13(2)18(22)12-21-19(23)16-9-15(10-20-11-16)14-5-7-17(24-3)8-6-14/h5-11,13,18,22H,4,12H2,1-3H3,(H,21,23). The monoisotopic (exact) mass is 328 g/mol. The molecule has 1 aromatic carbocycles. The Morgan fingerprint density at radius 3 is 2.58 bits per heavy atom. The Hall–Kier alpha value is -2.40. The quantitative estimate of drug-likeness (QED) is 0.820. The highest BCUT2D eigenvalue weighted by atomic mass is 16.5. The van der Waals surface area contributed by atoms with Gasteiger partial charge in [-0.25, -0.2) is 0 Å². The van der Waals surface area contributed by atoms with Crippen LogP contribution < -0.4 is 10.1 Å². The first-order chi connectivity index (χ1) is 11.5. The van der Waals surface area contributed by atoms with Gasteiger partial charge in [0.25, 0.3) is 5.91 Å². The smallest absolute Gasteiger partial charge is 0.252 e. The molecule has 2 N–H and O–H groups in total. The predicted octanol–water partition coefficient (Wildman–Crippen LogP) is 2.89. The largest absolute Gasteiger partial charge is 0.497 e. The number of nitrogens with zero attached hydrogens (tertiary/aromatic N) is 1. The van der Waals surface area contributed by atoms with Crippen molar-refractivity contribution < 1.29 is 14.6 Å². The Balaban J connectivity index is 2.07. The zero-order valence-corrected chi connectivity index (χ0v) is 14.3. The zero-order valence-electron chi connectivity index (χ0n) is 14.3. The van der Waals surface area contributed by atoms with Crippen molar-refractivity contribution in [3.8, 4) is 16.9 Å². The minimum Gasteiger partial charge on any atom is -0.497 e. The molecule has 0 spiro atoms. The number of pyridine rings is 1. The van der Waals surface area contributed by atoms with Crippen molar-refractivity contribution in [2.45, 2.75) is 26.4 Å². The summed E-state index contributed by atoms with van der Waals surface area (Å²) in [4.78, 5) is 16.4. The minimum atomic E-state index is -0.545. The number of methoxy groups -OCH3 is 1. The number of aliphatic hydroxyl groups excluding tert-OH is 1. The van der Waals surface area contributed by atoms with Crippen LogP contribution in [0.5, 0.6) is 5.75 Å². The Morgan fingerprint density at radius 1 is 1.25 bits per heavy atom. The van der Waals surface area contributed by atoms with Gasteiger partial charge in [-0.2, -0.15) is 0 Å². The fourth-order valence-corrected chi connectivity index (χ4v) is 2.28. The first kappa shape index (κ1) is 17.9. The molecule has 2 atom stereocenters. The second-order valence-corrected chi connectivity index (χ2v) is 5.85. The maximum absolute atomic E-state index is 12.3. The van der Waals surface area contributed by atoms with Crippen LogP contribution in [0.25, 0.3) is 11.1 Å². The normalized spacial score (nSPS) is 13.2. The summed E-state index contributed by atoms with van der Waals surface area (Å²) < 4.78 is 5.15. The molecule has 2 rings (SSSR count). The van der Waals surface area contributed by atoms with Crippen LogP contribution in [0.15, 0.2) is 42.7 Å². The summed E-state index contributed by atoms with van der Waals surface area (Å²) in [5, 5.41) is 12.7. The summed E-state index contributed by atoms with van der Waals surface area (Å²) in [7, 11) is 1.62. The van der Waals surface area contributed by atoms with E-state index in [1.807, 2.05) is 38.1 Å². The Bertz CT molecular complexity index is 671. The van der Waals surface area contributed by atoms with Gasteiger partial charge >= 0.3 is 0 Å². The molecule has 0 fully saturated rings. The number of nitrogens with one attached hydrogen (secondary N) is 1. The number of carbonyl (C=O) groups excluding carboxylic acids is 1. The van der Waals surface area contributed by atoms with Crippen LogP contribution in [0.3, 0.4) is 0 Å². The van der Waals surface area contributed by atoms with E-state index >= 15 is 0 Å². The molecule has 0 saturated carbocycles. The van der Waals surface area contributed by atoms with E-state index in [9.17, 15) is 9.90 Å². The number of aromatic nitrogens is 1. The highest BCUT2D eigenvalue weighted by Crippen LogP contribution is 2.22. The van der Waals surface area contributed by atoms with Crippen LogP contribution in [0.2, 0.25) is 0 Å². The van der Waals surface area contributed by atoms with E-state index < -0.39 is 6.10 Å². The van der Waals surface area contributed by atoms with Crippen molar-refractivity contribution in [2.75, 3.05) is 13.7 Å². The van der Waals surface area contributed by atoms with E-state index in [2.05, 4.69) is 10.3 Å². The molecule has 5 heteroatoms. The van der Waals surface area contributed by atoms with Gasteiger partial charge in [0.15, 0.2) is 0 Å². The van der Waals surface area contributed by atoms with Crippen LogP contribution in [0.1, 0.15) is 30.6 Å². The molecule has 2 unspecified atom stereocenters. The van der Waals surface area contributed by atoms with Gasteiger partial charge < -0.3 is 15.2 Å². The number of benzene rings is 1.